The van der Waals surface area contributed by atoms with Crippen LogP contribution in [0.2, 0.25) is 0 Å². The first-order chi connectivity index (χ1) is 7.60. The predicted octanol–water partition coefficient (Wildman–Crippen LogP) is 3.30. The van der Waals surface area contributed by atoms with Gasteiger partial charge >= 0.3 is 0 Å². The van der Waals surface area contributed by atoms with Crippen LogP contribution in [0.3, 0.4) is 0 Å². The number of furan rings is 1. The zero-order valence-electron chi connectivity index (χ0n) is 10.7. The van der Waals surface area contributed by atoms with Gasteiger partial charge < -0.3 is 9.73 Å². The molecule has 0 aromatic carbocycles. The summed E-state index contributed by atoms with van der Waals surface area (Å²) in [5, 5.41) is 3.70. The molecule has 2 heterocycles. The second-order valence-electron chi connectivity index (χ2n) is 5.60. The summed E-state index contributed by atoms with van der Waals surface area (Å²) in [6.45, 7) is 7.78. The lowest BCUT2D eigenvalue weighted by atomic mass is 9.84. The zero-order chi connectivity index (χ0) is 11.6. The fraction of sp³-hybridized carbons (Fsp3) is 0.714. The minimum Gasteiger partial charge on any atom is -0.466 e. The number of hydrogen-bond acceptors (Lipinski definition) is 2. The Morgan fingerprint density at radius 2 is 2.25 bits per heavy atom. The van der Waals surface area contributed by atoms with Gasteiger partial charge in [-0.15, -0.1) is 0 Å². The molecule has 1 N–H and O–H groups in total. The number of rotatable bonds is 4. The summed E-state index contributed by atoms with van der Waals surface area (Å²) >= 11 is 0. The molecule has 1 aromatic heterocycles. The second-order valence-corrected chi connectivity index (χ2v) is 5.60. The molecule has 1 fully saturated rings. The minimum atomic E-state index is 0.290. The molecule has 0 aliphatic carbocycles. The number of nitrogens with one attached hydrogen (secondary N) is 1. The van der Waals surface area contributed by atoms with E-state index in [1.54, 1.807) is 0 Å². The van der Waals surface area contributed by atoms with Gasteiger partial charge in [0.1, 0.15) is 11.5 Å². The summed E-state index contributed by atoms with van der Waals surface area (Å²) in [7, 11) is 0. The average molecular weight is 221 g/mol. The summed E-state index contributed by atoms with van der Waals surface area (Å²) in [6, 6.07) is 4.19. The highest BCUT2D eigenvalue weighted by molar-refractivity contribution is 5.11. The van der Waals surface area contributed by atoms with Crippen LogP contribution in [0.5, 0.6) is 0 Å². The molecule has 1 aliphatic rings. The molecule has 1 atom stereocenters. The smallest absolute Gasteiger partial charge is 0.106 e. The van der Waals surface area contributed by atoms with Crippen molar-refractivity contribution in [2.24, 2.45) is 5.92 Å². The van der Waals surface area contributed by atoms with Crippen molar-refractivity contribution < 1.29 is 4.42 Å². The predicted molar refractivity (Wildman–Crippen MR) is 66.6 cm³/mol. The molecule has 0 radical (unpaired) electrons. The quantitative estimate of drug-likeness (QED) is 0.844. The monoisotopic (exact) mass is 221 g/mol. The second kappa shape index (κ2) is 4.62. The average Bonchev–Trinajstić information content (AvgIpc) is 2.76. The lowest BCUT2D eigenvalue weighted by molar-refractivity contribution is 0.281. The highest BCUT2D eigenvalue weighted by Crippen LogP contribution is 2.31. The molecular formula is C14H23NO. The third-order valence-electron chi connectivity index (χ3n) is 3.44. The SMILES string of the molecule is Cc1ccc(CC2(CC(C)C)CCCN2)o1. The Labute approximate surface area is 98.4 Å². The van der Waals surface area contributed by atoms with Crippen LogP contribution in [-0.4, -0.2) is 12.1 Å². The Kier molecular flexibility index (Phi) is 3.38. The maximum absolute atomic E-state index is 5.71. The van der Waals surface area contributed by atoms with E-state index in [4.69, 9.17) is 4.42 Å². The van der Waals surface area contributed by atoms with E-state index >= 15 is 0 Å². The molecule has 2 nitrogen and oxygen atoms in total. The lowest BCUT2D eigenvalue weighted by Gasteiger charge is -2.30. The summed E-state index contributed by atoms with van der Waals surface area (Å²) in [4.78, 5) is 0. The molecule has 2 rings (SSSR count). The molecule has 1 aliphatic heterocycles. The van der Waals surface area contributed by atoms with Gasteiger partial charge in [0.15, 0.2) is 0 Å². The molecule has 2 heteroatoms. The maximum Gasteiger partial charge on any atom is 0.106 e. The third-order valence-corrected chi connectivity index (χ3v) is 3.44. The van der Waals surface area contributed by atoms with Crippen molar-refractivity contribution in [1.29, 1.82) is 0 Å². The van der Waals surface area contributed by atoms with E-state index in [0.717, 1.165) is 30.4 Å². The van der Waals surface area contributed by atoms with Crippen LogP contribution in [0.15, 0.2) is 16.5 Å². The van der Waals surface area contributed by atoms with Gasteiger partial charge in [-0.25, -0.2) is 0 Å². The molecule has 1 aromatic rings. The van der Waals surface area contributed by atoms with Crippen LogP contribution < -0.4 is 5.32 Å². The van der Waals surface area contributed by atoms with Crippen molar-refractivity contribution in [1.82, 2.24) is 5.32 Å². The van der Waals surface area contributed by atoms with Gasteiger partial charge in [-0.3, -0.25) is 0 Å². The van der Waals surface area contributed by atoms with Gasteiger partial charge in [-0.1, -0.05) is 13.8 Å². The standard InChI is InChI=1S/C14H23NO/c1-11(2)9-14(7-4-8-15-14)10-13-6-5-12(3)16-13/h5-6,11,15H,4,7-10H2,1-3H3. The molecule has 1 saturated heterocycles. The van der Waals surface area contributed by atoms with Gasteiger partial charge in [0.2, 0.25) is 0 Å². The van der Waals surface area contributed by atoms with Crippen molar-refractivity contribution in [3.63, 3.8) is 0 Å². The molecule has 0 bridgehead atoms. The van der Waals surface area contributed by atoms with E-state index < -0.39 is 0 Å². The van der Waals surface area contributed by atoms with Crippen LogP contribution in [0.25, 0.3) is 0 Å². The van der Waals surface area contributed by atoms with Crippen LogP contribution in [0, 0.1) is 12.8 Å². The van der Waals surface area contributed by atoms with Crippen molar-refractivity contribution in [2.75, 3.05) is 6.54 Å². The Hall–Kier alpha value is -0.760. The van der Waals surface area contributed by atoms with Crippen molar-refractivity contribution in [2.45, 2.75) is 52.0 Å². The highest BCUT2D eigenvalue weighted by atomic mass is 16.3. The van der Waals surface area contributed by atoms with Gasteiger partial charge in [0.05, 0.1) is 0 Å². The molecule has 0 amide bonds. The van der Waals surface area contributed by atoms with Gasteiger partial charge in [0, 0.05) is 12.0 Å². The maximum atomic E-state index is 5.71. The Morgan fingerprint density at radius 3 is 2.75 bits per heavy atom. The first-order valence-electron chi connectivity index (χ1n) is 6.40. The summed E-state index contributed by atoms with van der Waals surface area (Å²) in [6.07, 6.45) is 4.86. The summed E-state index contributed by atoms with van der Waals surface area (Å²) in [5.74, 6) is 2.89. The van der Waals surface area contributed by atoms with E-state index in [9.17, 15) is 0 Å². The topological polar surface area (TPSA) is 25.2 Å². The normalized spacial score (nSPS) is 25.5. The van der Waals surface area contributed by atoms with E-state index in [1.807, 2.05) is 6.92 Å². The van der Waals surface area contributed by atoms with Crippen LogP contribution in [0.4, 0.5) is 0 Å². The van der Waals surface area contributed by atoms with E-state index in [-0.39, 0.29) is 0 Å². The largest absolute Gasteiger partial charge is 0.466 e. The zero-order valence-corrected chi connectivity index (χ0v) is 10.7. The van der Waals surface area contributed by atoms with E-state index in [0.29, 0.717) is 5.54 Å². The van der Waals surface area contributed by atoms with Gasteiger partial charge in [0.25, 0.3) is 0 Å². The molecule has 90 valence electrons. The molecule has 0 saturated carbocycles. The summed E-state index contributed by atoms with van der Waals surface area (Å²) < 4.78 is 5.71. The Bertz CT molecular complexity index is 334. The highest BCUT2D eigenvalue weighted by Gasteiger charge is 2.34. The fourth-order valence-corrected chi connectivity index (χ4v) is 2.96. The Morgan fingerprint density at radius 1 is 1.44 bits per heavy atom. The third kappa shape index (κ3) is 2.67. The molecular weight excluding hydrogens is 198 g/mol. The first-order valence-corrected chi connectivity index (χ1v) is 6.40. The lowest BCUT2D eigenvalue weighted by Crippen LogP contribution is -2.43. The number of aryl methyl sites for hydroxylation is 1. The first kappa shape index (κ1) is 11.7. The van der Waals surface area contributed by atoms with Crippen LogP contribution in [-0.2, 0) is 6.42 Å². The van der Waals surface area contributed by atoms with Crippen LogP contribution >= 0.6 is 0 Å². The van der Waals surface area contributed by atoms with Crippen molar-refractivity contribution >= 4 is 0 Å². The summed E-state index contributed by atoms with van der Waals surface area (Å²) in [5.41, 5.74) is 0.290. The molecule has 16 heavy (non-hydrogen) atoms. The molecule has 0 spiro atoms. The number of hydrogen-bond donors (Lipinski definition) is 1. The van der Waals surface area contributed by atoms with E-state index in [1.165, 1.54) is 19.3 Å². The fourth-order valence-electron chi connectivity index (χ4n) is 2.96. The van der Waals surface area contributed by atoms with Crippen molar-refractivity contribution in [3.8, 4) is 0 Å². The van der Waals surface area contributed by atoms with Gasteiger partial charge in [-0.05, 0) is 50.8 Å². The minimum absolute atomic E-state index is 0.290. The Balaban J connectivity index is 2.08. The van der Waals surface area contributed by atoms with Gasteiger partial charge in [-0.2, -0.15) is 0 Å². The van der Waals surface area contributed by atoms with Crippen molar-refractivity contribution in [3.05, 3.63) is 23.7 Å². The van der Waals surface area contributed by atoms with E-state index in [2.05, 4.69) is 31.3 Å². The van der Waals surface area contributed by atoms with Crippen LogP contribution in [0.1, 0.15) is 44.6 Å². The molecule has 1 unspecified atom stereocenters.